The average molecular weight is 304 g/mol. The smallest absolute Gasteiger partial charge is 0.410 e. The molecule has 0 bridgehead atoms. The lowest BCUT2D eigenvalue weighted by molar-refractivity contribution is -0.00796. The molecule has 6 nitrogen and oxygen atoms in total. The standard InChI is InChI=1S/C13H24N2O4S/c1-5-14-6-7-15(12(16)19-13(2,3)4)11-9-20(17,18)8-10(11)14/h10-11H,5-9H2,1-4H3/t10-,11-/m0/s1. The van der Waals surface area contributed by atoms with Crippen LogP contribution in [0.2, 0.25) is 0 Å². The Morgan fingerprint density at radius 3 is 2.35 bits per heavy atom. The predicted molar refractivity (Wildman–Crippen MR) is 76.4 cm³/mol. The minimum absolute atomic E-state index is 0.0490. The Morgan fingerprint density at radius 1 is 1.20 bits per heavy atom. The van der Waals surface area contributed by atoms with Crippen LogP contribution in [-0.4, -0.2) is 73.1 Å². The van der Waals surface area contributed by atoms with Crippen molar-refractivity contribution in [3.05, 3.63) is 0 Å². The Bertz CT molecular complexity index is 483. The Hall–Kier alpha value is -0.820. The summed E-state index contributed by atoms with van der Waals surface area (Å²) in [4.78, 5) is 16.0. The van der Waals surface area contributed by atoms with Crippen LogP contribution >= 0.6 is 0 Å². The summed E-state index contributed by atoms with van der Waals surface area (Å²) in [6, 6.07) is -0.366. The highest BCUT2D eigenvalue weighted by Crippen LogP contribution is 2.28. The summed E-state index contributed by atoms with van der Waals surface area (Å²) < 4.78 is 29.2. The van der Waals surface area contributed by atoms with Gasteiger partial charge in [0.2, 0.25) is 0 Å². The number of ether oxygens (including phenoxy) is 1. The summed E-state index contributed by atoms with van der Waals surface area (Å²) >= 11 is 0. The van der Waals surface area contributed by atoms with E-state index in [9.17, 15) is 13.2 Å². The molecule has 2 saturated heterocycles. The Labute approximate surface area is 121 Å². The van der Waals surface area contributed by atoms with E-state index in [0.29, 0.717) is 13.1 Å². The third-order valence-corrected chi connectivity index (χ3v) is 5.52. The molecule has 0 aliphatic carbocycles. The number of carbonyl (C=O) groups is 1. The number of piperazine rings is 1. The zero-order valence-corrected chi connectivity index (χ0v) is 13.4. The maximum atomic E-state index is 12.3. The van der Waals surface area contributed by atoms with Crippen molar-refractivity contribution >= 4 is 15.9 Å². The van der Waals surface area contributed by atoms with Crippen molar-refractivity contribution in [2.75, 3.05) is 31.1 Å². The van der Waals surface area contributed by atoms with Gasteiger partial charge in [-0.05, 0) is 27.3 Å². The van der Waals surface area contributed by atoms with E-state index in [-0.39, 0.29) is 23.6 Å². The van der Waals surface area contributed by atoms with Crippen LogP contribution in [0, 0.1) is 0 Å². The maximum Gasteiger partial charge on any atom is 0.410 e. The molecular weight excluding hydrogens is 280 g/mol. The lowest BCUT2D eigenvalue weighted by Gasteiger charge is -2.43. The summed E-state index contributed by atoms with van der Waals surface area (Å²) in [7, 11) is -3.07. The SMILES string of the molecule is CCN1CCN(C(=O)OC(C)(C)C)[C@H]2CS(=O)(=O)C[C@@H]21. The molecule has 1 amide bonds. The van der Waals surface area contributed by atoms with Crippen LogP contribution in [0.5, 0.6) is 0 Å². The molecule has 0 N–H and O–H groups in total. The minimum Gasteiger partial charge on any atom is -0.444 e. The van der Waals surface area contributed by atoms with E-state index in [0.717, 1.165) is 6.54 Å². The van der Waals surface area contributed by atoms with Gasteiger partial charge in [-0.15, -0.1) is 0 Å². The van der Waals surface area contributed by atoms with Crippen LogP contribution in [0.1, 0.15) is 27.7 Å². The third kappa shape index (κ3) is 3.25. The van der Waals surface area contributed by atoms with Crippen LogP contribution < -0.4 is 0 Å². The number of hydrogen-bond acceptors (Lipinski definition) is 5. The molecule has 0 aromatic heterocycles. The molecule has 0 radical (unpaired) electrons. The summed E-state index contributed by atoms with van der Waals surface area (Å²) in [5.74, 6) is 0.193. The highest BCUT2D eigenvalue weighted by molar-refractivity contribution is 7.91. The van der Waals surface area contributed by atoms with E-state index >= 15 is 0 Å². The molecule has 116 valence electrons. The van der Waals surface area contributed by atoms with Crippen molar-refractivity contribution in [2.45, 2.75) is 45.4 Å². The second kappa shape index (κ2) is 5.18. The maximum absolute atomic E-state index is 12.3. The van der Waals surface area contributed by atoms with Crippen LogP contribution in [0.3, 0.4) is 0 Å². The van der Waals surface area contributed by atoms with E-state index in [1.54, 1.807) is 4.90 Å². The fourth-order valence-corrected chi connectivity index (χ4v) is 4.98. The van der Waals surface area contributed by atoms with E-state index in [1.165, 1.54) is 0 Å². The molecule has 2 aliphatic heterocycles. The molecule has 0 aromatic carbocycles. The Kier molecular flexibility index (Phi) is 4.03. The van der Waals surface area contributed by atoms with E-state index in [1.807, 2.05) is 27.7 Å². The number of likely N-dealkylation sites (N-methyl/N-ethyl adjacent to an activating group) is 1. The van der Waals surface area contributed by atoms with Crippen molar-refractivity contribution in [3.8, 4) is 0 Å². The Morgan fingerprint density at radius 2 is 1.80 bits per heavy atom. The predicted octanol–water partition coefficient (Wildman–Crippen LogP) is 0.725. The Balaban J connectivity index is 2.18. The number of sulfone groups is 1. The molecule has 2 fully saturated rings. The molecule has 20 heavy (non-hydrogen) atoms. The van der Waals surface area contributed by atoms with Crippen LogP contribution in [0.15, 0.2) is 0 Å². The number of nitrogens with zero attached hydrogens (tertiary/aromatic N) is 2. The first-order valence-electron chi connectivity index (χ1n) is 7.07. The zero-order valence-electron chi connectivity index (χ0n) is 12.6. The molecule has 2 atom stereocenters. The van der Waals surface area contributed by atoms with Gasteiger partial charge in [-0.2, -0.15) is 0 Å². The molecule has 0 unspecified atom stereocenters. The average Bonchev–Trinajstić information content (AvgIpc) is 2.59. The molecule has 2 rings (SSSR count). The monoisotopic (exact) mass is 304 g/mol. The van der Waals surface area contributed by atoms with E-state index < -0.39 is 21.5 Å². The van der Waals surface area contributed by atoms with E-state index in [2.05, 4.69) is 4.90 Å². The number of hydrogen-bond donors (Lipinski definition) is 0. The molecular formula is C13H24N2O4S. The van der Waals surface area contributed by atoms with Crippen molar-refractivity contribution in [3.63, 3.8) is 0 Å². The summed E-state index contributed by atoms with van der Waals surface area (Å²) in [6.07, 6.45) is -0.402. The molecule has 2 heterocycles. The van der Waals surface area contributed by atoms with Gasteiger partial charge >= 0.3 is 6.09 Å². The van der Waals surface area contributed by atoms with Crippen molar-refractivity contribution in [1.29, 1.82) is 0 Å². The fourth-order valence-electron chi connectivity index (χ4n) is 2.96. The molecule has 7 heteroatoms. The van der Waals surface area contributed by atoms with Gasteiger partial charge in [-0.1, -0.05) is 6.92 Å². The van der Waals surface area contributed by atoms with Crippen LogP contribution in [0.25, 0.3) is 0 Å². The van der Waals surface area contributed by atoms with Crippen molar-refractivity contribution in [1.82, 2.24) is 9.80 Å². The summed E-state index contributed by atoms with van der Waals surface area (Å²) in [5.41, 5.74) is -0.564. The lowest BCUT2D eigenvalue weighted by atomic mass is 10.1. The van der Waals surface area contributed by atoms with Gasteiger partial charge in [0.25, 0.3) is 0 Å². The van der Waals surface area contributed by atoms with Crippen molar-refractivity contribution < 1.29 is 17.9 Å². The lowest BCUT2D eigenvalue weighted by Crippen LogP contribution is -2.61. The first-order valence-corrected chi connectivity index (χ1v) is 8.89. The highest BCUT2D eigenvalue weighted by Gasteiger charge is 2.48. The van der Waals surface area contributed by atoms with Crippen LogP contribution in [0.4, 0.5) is 4.79 Å². The summed E-state index contributed by atoms with van der Waals surface area (Å²) in [5, 5.41) is 0. The third-order valence-electron chi connectivity index (χ3n) is 3.83. The number of carbonyl (C=O) groups excluding carboxylic acids is 1. The van der Waals surface area contributed by atoms with Crippen molar-refractivity contribution in [2.24, 2.45) is 0 Å². The number of amides is 1. The normalized spacial score (nSPS) is 30.1. The van der Waals surface area contributed by atoms with E-state index in [4.69, 9.17) is 4.74 Å². The number of rotatable bonds is 1. The van der Waals surface area contributed by atoms with Gasteiger partial charge in [0, 0.05) is 19.1 Å². The largest absolute Gasteiger partial charge is 0.444 e. The van der Waals surface area contributed by atoms with Gasteiger partial charge < -0.3 is 9.64 Å². The quantitative estimate of drug-likeness (QED) is 0.714. The highest BCUT2D eigenvalue weighted by atomic mass is 32.2. The number of fused-ring (bicyclic) bond motifs is 1. The van der Waals surface area contributed by atoms with Crippen LogP contribution in [-0.2, 0) is 14.6 Å². The molecule has 0 spiro atoms. The van der Waals surface area contributed by atoms with Gasteiger partial charge in [-0.3, -0.25) is 4.90 Å². The molecule has 0 aromatic rings. The molecule has 0 saturated carbocycles. The molecule has 2 aliphatic rings. The topological polar surface area (TPSA) is 66.9 Å². The van der Waals surface area contributed by atoms with Gasteiger partial charge in [0.05, 0.1) is 17.5 Å². The minimum atomic E-state index is -3.07. The zero-order chi connectivity index (χ0) is 15.1. The van der Waals surface area contributed by atoms with Gasteiger partial charge in [0.15, 0.2) is 9.84 Å². The van der Waals surface area contributed by atoms with Gasteiger partial charge in [-0.25, -0.2) is 13.2 Å². The second-order valence-electron chi connectivity index (χ2n) is 6.51. The first-order chi connectivity index (χ1) is 9.13. The summed E-state index contributed by atoms with van der Waals surface area (Å²) in [6.45, 7) is 9.50. The van der Waals surface area contributed by atoms with Gasteiger partial charge in [0.1, 0.15) is 5.60 Å². The fraction of sp³-hybridized carbons (Fsp3) is 0.923. The first kappa shape index (κ1) is 15.6. The second-order valence-corrected chi connectivity index (χ2v) is 8.67.